The number of para-hydroxylation sites is 1. The molecule has 0 radical (unpaired) electrons. The van der Waals surface area contributed by atoms with Gasteiger partial charge >= 0.3 is 0 Å². The SMILES string of the molecule is O=C(Cc1cccc(F)c1Br)c1cc2cccc(Br)c2o1. The van der Waals surface area contributed by atoms with Crippen LogP contribution in [0.4, 0.5) is 4.39 Å². The van der Waals surface area contributed by atoms with Crippen LogP contribution in [0.2, 0.25) is 0 Å². The van der Waals surface area contributed by atoms with Gasteiger partial charge in [0.1, 0.15) is 11.4 Å². The molecule has 1 aromatic heterocycles. The number of benzene rings is 2. The molecule has 0 aliphatic heterocycles. The summed E-state index contributed by atoms with van der Waals surface area (Å²) < 4.78 is 20.2. The average molecular weight is 412 g/mol. The van der Waals surface area contributed by atoms with E-state index >= 15 is 0 Å². The van der Waals surface area contributed by atoms with E-state index in [2.05, 4.69) is 31.9 Å². The molecule has 106 valence electrons. The second-order valence-electron chi connectivity index (χ2n) is 4.58. The molecule has 5 heteroatoms. The number of carbonyl (C=O) groups is 1. The molecule has 0 fully saturated rings. The summed E-state index contributed by atoms with van der Waals surface area (Å²) in [6, 6.07) is 11.9. The summed E-state index contributed by atoms with van der Waals surface area (Å²) in [5, 5.41) is 0.853. The Kier molecular flexibility index (Phi) is 3.95. The summed E-state index contributed by atoms with van der Waals surface area (Å²) in [7, 11) is 0. The lowest BCUT2D eigenvalue weighted by Crippen LogP contribution is -2.03. The van der Waals surface area contributed by atoms with Crippen LogP contribution in [0.1, 0.15) is 16.1 Å². The third-order valence-corrected chi connectivity index (χ3v) is 4.67. The Morgan fingerprint density at radius 1 is 1.14 bits per heavy atom. The number of ketones is 1. The first-order valence-corrected chi connectivity index (χ1v) is 7.79. The van der Waals surface area contributed by atoms with Crippen LogP contribution in [0.5, 0.6) is 0 Å². The zero-order chi connectivity index (χ0) is 15.0. The first kappa shape index (κ1) is 14.5. The van der Waals surface area contributed by atoms with Crippen molar-refractivity contribution in [3.8, 4) is 0 Å². The molecule has 0 saturated heterocycles. The maximum Gasteiger partial charge on any atom is 0.202 e. The minimum atomic E-state index is -0.382. The molecule has 0 bridgehead atoms. The van der Waals surface area contributed by atoms with Crippen molar-refractivity contribution < 1.29 is 13.6 Å². The van der Waals surface area contributed by atoms with Gasteiger partial charge < -0.3 is 4.42 Å². The predicted molar refractivity (Wildman–Crippen MR) is 86.0 cm³/mol. The Morgan fingerprint density at radius 2 is 1.90 bits per heavy atom. The van der Waals surface area contributed by atoms with Crippen molar-refractivity contribution >= 4 is 48.6 Å². The minimum absolute atomic E-state index is 0.0792. The molecule has 0 atom stereocenters. The number of carbonyl (C=O) groups excluding carboxylic acids is 1. The minimum Gasteiger partial charge on any atom is -0.452 e. The van der Waals surface area contributed by atoms with Crippen molar-refractivity contribution in [1.29, 1.82) is 0 Å². The van der Waals surface area contributed by atoms with E-state index in [1.165, 1.54) is 6.07 Å². The van der Waals surface area contributed by atoms with E-state index in [9.17, 15) is 9.18 Å². The van der Waals surface area contributed by atoms with Gasteiger partial charge in [-0.3, -0.25) is 4.79 Å². The molecule has 0 unspecified atom stereocenters. The number of fused-ring (bicyclic) bond motifs is 1. The summed E-state index contributed by atoms with van der Waals surface area (Å²) in [5.41, 5.74) is 1.23. The van der Waals surface area contributed by atoms with Crippen LogP contribution < -0.4 is 0 Å². The highest BCUT2D eigenvalue weighted by molar-refractivity contribution is 9.11. The number of halogens is 3. The largest absolute Gasteiger partial charge is 0.452 e. The Hall–Kier alpha value is -1.46. The third-order valence-electron chi connectivity index (χ3n) is 3.15. The van der Waals surface area contributed by atoms with Gasteiger partial charge in [-0.2, -0.15) is 0 Å². The van der Waals surface area contributed by atoms with Crippen LogP contribution in [0.3, 0.4) is 0 Å². The van der Waals surface area contributed by atoms with Crippen LogP contribution in [0.25, 0.3) is 11.0 Å². The lowest BCUT2D eigenvalue weighted by Gasteiger charge is -2.03. The molecule has 0 saturated carbocycles. The summed E-state index contributed by atoms with van der Waals surface area (Å²) in [6.07, 6.45) is 0.0792. The summed E-state index contributed by atoms with van der Waals surface area (Å²) in [6.45, 7) is 0. The normalized spacial score (nSPS) is 11.0. The van der Waals surface area contributed by atoms with Gasteiger partial charge in [-0.1, -0.05) is 24.3 Å². The maximum absolute atomic E-state index is 13.5. The number of hydrogen-bond acceptors (Lipinski definition) is 2. The van der Waals surface area contributed by atoms with Crippen LogP contribution in [-0.4, -0.2) is 5.78 Å². The standard InChI is InChI=1S/C16H9Br2FO2/c17-11-5-1-4-10-8-14(21-16(10)11)13(20)7-9-3-2-6-12(19)15(9)18/h1-6,8H,7H2. The van der Waals surface area contributed by atoms with E-state index in [-0.39, 0.29) is 23.8 Å². The molecule has 3 aromatic rings. The molecule has 2 aromatic carbocycles. The fourth-order valence-electron chi connectivity index (χ4n) is 2.11. The fraction of sp³-hybridized carbons (Fsp3) is 0.0625. The molecule has 0 N–H and O–H groups in total. The van der Waals surface area contributed by atoms with Crippen molar-refractivity contribution in [3.05, 3.63) is 68.6 Å². The predicted octanol–water partition coefficient (Wildman–Crippen LogP) is 5.52. The van der Waals surface area contributed by atoms with Gasteiger partial charge in [0.2, 0.25) is 5.78 Å². The zero-order valence-electron chi connectivity index (χ0n) is 10.7. The van der Waals surface area contributed by atoms with Crippen LogP contribution in [0.15, 0.2) is 55.8 Å². The van der Waals surface area contributed by atoms with Crippen LogP contribution >= 0.6 is 31.9 Å². The van der Waals surface area contributed by atoms with E-state index in [1.54, 1.807) is 18.2 Å². The fourth-order valence-corrected chi connectivity index (χ4v) is 2.98. The van der Waals surface area contributed by atoms with Gasteiger partial charge in [0.25, 0.3) is 0 Å². The van der Waals surface area contributed by atoms with Gasteiger partial charge in [0.15, 0.2) is 5.76 Å². The highest BCUT2D eigenvalue weighted by Crippen LogP contribution is 2.28. The summed E-state index contributed by atoms with van der Waals surface area (Å²) in [5.74, 6) is -0.301. The zero-order valence-corrected chi connectivity index (χ0v) is 13.9. The lowest BCUT2D eigenvalue weighted by atomic mass is 10.1. The van der Waals surface area contributed by atoms with Crippen molar-refractivity contribution in [2.75, 3.05) is 0 Å². The first-order chi connectivity index (χ1) is 10.1. The van der Waals surface area contributed by atoms with Gasteiger partial charge in [-0.25, -0.2) is 4.39 Å². The van der Waals surface area contributed by atoms with Crippen molar-refractivity contribution in [2.24, 2.45) is 0 Å². The Bertz CT molecular complexity index is 839. The monoisotopic (exact) mass is 410 g/mol. The molecule has 0 aliphatic carbocycles. The van der Waals surface area contributed by atoms with E-state index in [1.807, 2.05) is 18.2 Å². The van der Waals surface area contributed by atoms with Crippen molar-refractivity contribution in [3.63, 3.8) is 0 Å². The van der Waals surface area contributed by atoms with Crippen molar-refractivity contribution in [2.45, 2.75) is 6.42 Å². The quantitative estimate of drug-likeness (QED) is 0.531. The van der Waals surface area contributed by atoms with Crippen LogP contribution in [0, 0.1) is 5.82 Å². The Labute approximate surface area is 137 Å². The van der Waals surface area contributed by atoms with Gasteiger partial charge in [0.05, 0.1) is 8.95 Å². The molecule has 1 heterocycles. The number of hydrogen-bond donors (Lipinski definition) is 0. The topological polar surface area (TPSA) is 30.2 Å². The molecular formula is C16H9Br2FO2. The van der Waals surface area contributed by atoms with Crippen molar-refractivity contribution in [1.82, 2.24) is 0 Å². The highest BCUT2D eigenvalue weighted by Gasteiger charge is 2.16. The first-order valence-electron chi connectivity index (χ1n) is 6.20. The van der Waals surface area contributed by atoms with Gasteiger partial charge in [0, 0.05) is 11.8 Å². The maximum atomic E-state index is 13.5. The number of Topliss-reactive ketones (excluding diaryl/α,β-unsaturated/α-hetero) is 1. The average Bonchev–Trinajstić information content (AvgIpc) is 2.89. The number of furan rings is 1. The third kappa shape index (κ3) is 2.80. The molecule has 21 heavy (non-hydrogen) atoms. The Balaban J connectivity index is 1.94. The molecule has 0 aliphatic rings. The molecule has 0 spiro atoms. The molecule has 2 nitrogen and oxygen atoms in total. The number of rotatable bonds is 3. The van der Waals surface area contributed by atoms with Gasteiger partial charge in [-0.15, -0.1) is 0 Å². The molecule has 0 amide bonds. The smallest absolute Gasteiger partial charge is 0.202 e. The molecule has 3 rings (SSSR count). The van der Waals surface area contributed by atoms with E-state index < -0.39 is 0 Å². The van der Waals surface area contributed by atoms with E-state index in [0.717, 1.165) is 9.86 Å². The van der Waals surface area contributed by atoms with E-state index in [0.29, 0.717) is 15.6 Å². The summed E-state index contributed by atoms with van der Waals surface area (Å²) >= 11 is 6.55. The second-order valence-corrected chi connectivity index (χ2v) is 6.23. The highest BCUT2D eigenvalue weighted by atomic mass is 79.9. The second kappa shape index (κ2) is 5.73. The van der Waals surface area contributed by atoms with E-state index in [4.69, 9.17) is 4.42 Å². The lowest BCUT2D eigenvalue weighted by molar-refractivity contribution is 0.0968. The van der Waals surface area contributed by atoms with Crippen LogP contribution in [-0.2, 0) is 6.42 Å². The summed E-state index contributed by atoms with van der Waals surface area (Å²) in [4.78, 5) is 12.3. The molecular weight excluding hydrogens is 403 g/mol. The van der Waals surface area contributed by atoms with Gasteiger partial charge in [-0.05, 0) is 55.6 Å². The Morgan fingerprint density at radius 3 is 2.67 bits per heavy atom.